The molecule has 1 aromatic rings. The van der Waals surface area contributed by atoms with Gasteiger partial charge in [0.1, 0.15) is 6.29 Å². The quantitative estimate of drug-likeness (QED) is 0.774. The molecule has 0 aromatic carbocycles. The van der Waals surface area contributed by atoms with Crippen LogP contribution in [0.25, 0.3) is 0 Å². The molecule has 0 bridgehead atoms. The molecule has 0 saturated carbocycles. The highest BCUT2D eigenvalue weighted by molar-refractivity contribution is 5.49. The molecule has 1 aliphatic rings. The minimum absolute atomic E-state index is 0.626. The average molecular weight is 324 g/mol. The van der Waals surface area contributed by atoms with E-state index in [0.29, 0.717) is 6.42 Å². The third-order valence-electron chi connectivity index (χ3n) is 3.27. The van der Waals surface area contributed by atoms with Crippen LogP contribution in [0.1, 0.15) is 32.8 Å². The number of aldehydes is 1. The summed E-state index contributed by atoms with van der Waals surface area (Å²) in [6.07, 6.45) is 5.30. The number of carbonyl (C=O) groups excluding carboxylic acids is 1. The molecule has 0 atom stereocenters. The molecule has 0 spiro atoms. The van der Waals surface area contributed by atoms with Crippen molar-refractivity contribution in [3.8, 4) is 0 Å². The van der Waals surface area contributed by atoms with Crippen LogP contribution in [-0.4, -0.2) is 67.6 Å². The van der Waals surface area contributed by atoms with E-state index in [-0.39, 0.29) is 0 Å². The Hall–Kier alpha value is -1.53. The fourth-order valence-electron chi connectivity index (χ4n) is 1.96. The van der Waals surface area contributed by atoms with Gasteiger partial charge >= 0.3 is 0 Å². The van der Waals surface area contributed by atoms with Gasteiger partial charge in [-0.05, 0) is 19.4 Å². The first-order chi connectivity index (χ1) is 11.2. The van der Waals surface area contributed by atoms with Crippen molar-refractivity contribution in [3.63, 3.8) is 0 Å². The zero-order chi connectivity index (χ0) is 17.5. The molecule has 0 N–H and O–H groups in total. The second-order valence-electron chi connectivity index (χ2n) is 4.92. The van der Waals surface area contributed by atoms with E-state index in [1.807, 2.05) is 40.1 Å². The maximum absolute atomic E-state index is 10.3. The van der Waals surface area contributed by atoms with Gasteiger partial charge in [-0.1, -0.05) is 13.8 Å². The molecule has 1 fully saturated rings. The molecule has 2 heterocycles. The lowest BCUT2D eigenvalue weighted by molar-refractivity contribution is -0.108. The number of piperazine rings is 1. The van der Waals surface area contributed by atoms with Crippen molar-refractivity contribution in [1.82, 2.24) is 14.9 Å². The Labute approximate surface area is 140 Å². The van der Waals surface area contributed by atoms with Crippen LogP contribution in [0.3, 0.4) is 0 Å². The third kappa shape index (κ3) is 9.25. The van der Waals surface area contributed by atoms with E-state index in [4.69, 9.17) is 0 Å². The summed E-state index contributed by atoms with van der Waals surface area (Å²) in [4.78, 5) is 23.5. The molecule has 1 saturated heterocycles. The number of hydrogen-bond donors (Lipinski definition) is 0. The molecule has 2 rings (SSSR count). The van der Waals surface area contributed by atoms with Crippen molar-refractivity contribution >= 4 is 12.2 Å². The van der Waals surface area contributed by atoms with E-state index in [0.717, 1.165) is 57.1 Å². The second kappa shape index (κ2) is 14.1. The SMILES string of the molecule is CC.CCOC.Cc1cnc(N2CCN(CCC=O)CC2)nc1. The summed E-state index contributed by atoms with van der Waals surface area (Å²) in [6.45, 7) is 13.5. The Bertz CT molecular complexity index is 388. The molecular weight excluding hydrogens is 292 g/mol. The molecular formula is C17H32N4O2. The van der Waals surface area contributed by atoms with Crippen LogP contribution in [0.2, 0.25) is 0 Å². The highest BCUT2D eigenvalue weighted by atomic mass is 16.5. The maximum Gasteiger partial charge on any atom is 0.225 e. The van der Waals surface area contributed by atoms with E-state index < -0.39 is 0 Å². The molecule has 6 heteroatoms. The molecule has 1 aliphatic heterocycles. The van der Waals surface area contributed by atoms with E-state index >= 15 is 0 Å². The van der Waals surface area contributed by atoms with Gasteiger partial charge in [-0.3, -0.25) is 4.90 Å². The smallest absolute Gasteiger partial charge is 0.225 e. The van der Waals surface area contributed by atoms with Crippen LogP contribution in [-0.2, 0) is 9.53 Å². The minimum atomic E-state index is 0.626. The minimum Gasteiger partial charge on any atom is -0.385 e. The first-order valence-electron chi connectivity index (χ1n) is 8.39. The Morgan fingerprint density at radius 2 is 1.70 bits per heavy atom. The van der Waals surface area contributed by atoms with Crippen molar-refractivity contribution in [3.05, 3.63) is 18.0 Å². The standard InChI is InChI=1S/C12H18N4O.C3H8O.C2H6/c1-11-9-13-12(14-10-11)16-6-4-15(5-7-16)3-2-8-17;1-3-4-2;1-2/h8-10H,2-7H2,1H3;3H2,1-2H3;1-2H3. The number of nitrogens with zero attached hydrogens (tertiary/aromatic N) is 4. The van der Waals surface area contributed by atoms with Crippen molar-refractivity contribution in [1.29, 1.82) is 0 Å². The highest BCUT2D eigenvalue weighted by Crippen LogP contribution is 2.10. The Balaban J connectivity index is 0.000000705. The number of anilines is 1. The maximum atomic E-state index is 10.3. The number of methoxy groups -OCH3 is 1. The predicted octanol–water partition coefficient (Wildman–Crippen LogP) is 2.17. The Kier molecular flexibility index (Phi) is 13.2. The van der Waals surface area contributed by atoms with Crippen molar-refractivity contribution < 1.29 is 9.53 Å². The van der Waals surface area contributed by atoms with Gasteiger partial charge in [-0.25, -0.2) is 9.97 Å². The third-order valence-corrected chi connectivity index (χ3v) is 3.27. The first-order valence-corrected chi connectivity index (χ1v) is 8.39. The monoisotopic (exact) mass is 324 g/mol. The summed E-state index contributed by atoms with van der Waals surface area (Å²) in [5.74, 6) is 0.811. The number of aryl methyl sites for hydroxylation is 1. The van der Waals surface area contributed by atoms with E-state index in [2.05, 4.69) is 24.5 Å². The summed E-state index contributed by atoms with van der Waals surface area (Å²) in [5.41, 5.74) is 1.08. The summed E-state index contributed by atoms with van der Waals surface area (Å²) >= 11 is 0. The van der Waals surface area contributed by atoms with Gasteiger partial charge < -0.3 is 14.4 Å². The summed E-state index contributed by atoms with van der Waals surface area (Å²) < 4.78 is 4.54. The number of ether oxygens (including phenoxy) is 1. The molecule has 23 heavy (non-hydrogen) atoms. The van der Waals surface area contributed by atoms with Gasteiger partial charge in [0.25, 0.3) is 0 Å². The lowest BCUT2D eigenvalue weighted by atomic mass is 10.3. The number of rotatable bonds is 5. The highest BCUT2D eigenvalue weighted by Gasteiger charge is 2.18. The van der Waals surface area contributed by atoms with Gasteiger partial charge in [0.2, 0.25) is 5.95 Å². The summed E-state index contributed by atoms with van der Waals surface area (Å²) in [6, 6.07) is 0. The van der Waals surface area contributed by atoms with Crippen molar-refractivity contribution in [2.24, 2.45) is 0 Å². The fourth-order valence-corrected chi connectivity index (χ4v) is 1.96. The predicted molar refractivity (Wildman–Crippen MR) is 95.0 cm³/mol. The molecule has 0 aliphatic carbocycles. The van der Waals surface area contributed by atoms with Crippen LogP contribution < -0.4 is 4.90 Å². The number of carbonyl (C=O) groups is 1. The first kappa shape index (κ1) is 21.5. The summed E-state index contributed by atoms with van der Waals surface area (Å²) in [7, 11) is 1.68. The zero-order valence-corrected chi connectivity index (χ0v) is 15.3. The van der Waals surface area contributed by atoms with Crippen molar-refractivity contribution in [2.45, 2.75) is 34.1 Å². The molecule has 1 aromatic heterocycles. The normalized spacial score (nSPS) is 14.2. The van der Waals surface area contributed by atoms with Gasteiger partial charge in [0, 0.05) is 65.3 Å². The topological polar surface area (TPSA) is 58.6 Å². The van der Waals surface area contributed by atoms with Crippen LogP contribution in [0.4, 0.5) is 5.95 Å². The van der Waals surface area contributed by atoms with Crippen LogP contribution >= 0.6 is 0 Å². The lowest BCUT2D eigenvalue weighted by Gasteiger charge is -2.34. The second-order valence-corrected chi connectivity index (χ2v) is 4.92. The molecule has 6 nitrogen and oxygen atoms in total. The zero-order valence-electron chi connectivity index (χ0n) is 15.3. The largest absolute Gasteiger partial charge is 0.385 e. The molecule has 0 amide bonds. The van der Waals surface area contributed by atoms with Crippen LogP contribution in [0, 0.1) is 6.92 Å². The van der Waals surface area contributed by atoms with E-state index in [1.165, 1.54) is 0 Å². The lowest BCUT2D eigenvalue weighted by Crippen LogP contribution is -2.47. The van der Waals surface area contributed by atoms with Crippen molar-refractivity contribution in [2.75, 3.05) is 51.3 Å². The number of hydrogen-bond acceptors (Lipinski definition) is 6. The number of aromatic nitrogens is 2. The Morgan fingerprint density at radius 1 is 1.17 bits per heavy atom. The van der Waals surface area contributed by atoms with Gasteiger partial charge in [0.05, 0.1) is 0 Å². The van der Waals surface area contributed by atoms with Crippen LogP contribution in [0.5, 0.6) is 0 Å². The van der Waals surface area contributed by atoms with Crippen LogP contribution in [0.15, 0.2) is 12.4 Å². The summed E-state index contributed by atoms with van der Waals surface area (Å²) in [5, 5.41) is 0. The molecule has 132 valence electrons. The molecule has 0 radical (unpaired) electrons. The average Bonchev–Trinajstić information content (AvgIpc) is 2.63. The van der Waals surface area contributed by atoms with E-state index in [1.54, 1.807) is 7.11 Å². The Morgan fingerprint density at radius 3 is 2.13 bits per heavy atom. The fraction of sp³-hybridized carbons (Fsp3) is 0.706. The molecule has 0 unspecified atom stereocenters. The van der Waals surface area contributed by atoms with Gasteiger partial charge in [-0.15, -0.1) is 0 Å². The van der Waals surface area contributed by atoms with Gasteiger partial charge in [-0.2, -0.15) is 0 Å². The van der Waals surface area contributed by atoms with Gasteiger partial charge in [0.15, 0.2) is 0 Å². The van der Waals surface area contributed by atoms with E-state index in [9.17, 15) is 4.79 Å².